The predicted octanol–water partition coefficient (Wildman–Crippen LogP) is 1.83. The van der Waals surface area contributed by atoms with Gasteiger partial charge in [0, 0.05) is 5.57 Å². The van der Waals surface area contributed by atoms with Crippen LogP contribution in [0.2, 0.25) is 0 Å². The highest BCUT2D eigenvalue weighted by Gasteiger charge is 2.34. The van der Waals surface area contributed by atoms with Gasteiger partial charge in [-0.15, -0.1) is 0 Å². The molecule has 2 rings (SSSR count). The number of aliphatic hydroxyl groups is 1. The van der Waals surface area contributed by atoms with Crippen LogP contribution in [-0.2, 0) is 9.59 Å². The van der Waals surface area contributed by atoms with Crippen molar-refractivity contribution in [2.45, 2.75) is 39.2 Å². The van der Waals surface area contributed by atoms with Crippen molar-refractivity contribution in [2.24, 2.45) is 11.3 Å². The molecule has 5 heteroatoms. The Balaban J connectivity index is 0.000000250. The fraction of sp³-hybridized carbons (Fsp3) is 0.571. The first kappa shape index (κ1) is 15.4. The van der Waals surface area contributed by atoms with Crippen molar-refractivity contribution in [3.05, 3.63) is 23.8 Å². The van der Waals surface area contributed by atoms with E-state index in [4.69, 9.17) is 15.3 Å². The summed E-state index contributed by atoms with van der Waals surface area (Å²) in [5.74, 6) is -1.41. The van der Waals surface area contributed by atoms with Gasteiger partial charge >= 0.3 is 11.9 Å². The molecular weight excluding hydrogens is 248 g/mol. The zero-order chi connectivity index (χ0) is 14.6. The lowest BCUT2D eigenvalue weighted by Gasteiger charge is -2.23. The highest BCUT2D eigenvalue weighted by Crippen LogP contribution is 2.32. The highest BCUT2D eigenvalue weighted by molar-refractivity contribution is 5.90. The molecule has 0 bridgehead atoms. The highest BCUT2D eigenvalue weighted by atomic mass is 16.4. The molecule has 0 heterocycles. The summed E-state index contributed by atoms with van der Waals surface area (Å²) < 4.78 is 0. The van der Waals surface area contributed by atoms with Crippen LogP contribution >= 0.6 is 0 Å². The van der Waals surface area contributed by atoms with Gasteiger partial charge in [0.05, 0.1) is 11.5 Å². The predicted molar refractivity (Wildman–Crippen MR) is 69.6 cm³/mol. The summed E-state index contributed by atoms with van der Waals surface area (Å²) in [6, 6.07) is 0. The number of allylic oxidation sites excluding steroid dienone is 2. The largest absolute Gasteiger partial charge is 0.481 e. The van der Waals surface area contributed by atoms with E-state index < -0.39 is 17.4 Å². The molecule has 0 aromatic carbocycles. The molecule has 0 amide bonds. The Labute approximate surface area is 112 Å². The van der Waals surface area contributed by atoms with Crippen molar-refractivity contribution in [3.63, 3.8) is 0 Å². The van der Waals surface area contributed by atoms with Gasteiger partial charge in [-0.3, -0.25) is 4.79 Å². The first-order chi connectivity index (χ1) is 8.76. The third-order valence-electron chi connectivity index (χ3n) is 3.39. The maximum atomic E-state index is 10.8. The monoisotopic (exact) mass is 268 g/mol. The molecule has 0 aromatic rings. The van der Waals surface area contributed by atoms with E-state index >= 15 is 0 Å². The third-order valence-corrected chi connectivity index (χ3v) is 3.39. The summed E-state index contributed by atoms with van der Waals surface area (Å²) in [5.41, 5.74) is -0.949. The van der Waals surface area contributed by atoms with Gasteiger partial charge in [0.15, 0.2) is 0 Å². The number of hydrogen-bond donors (Lipinski definition) is 3. The Bertz CT molecular complexity index is 418. The molecule has 2 aliphatic rings. The van der Waals surface area contributed by atoms with E-state index in [1.165, 1.54) is 38.0 Å². The van der Waals surface area contributed by atoms with Gasteiger partial charge in [-0.05, 0) is 39.0 Å². The molecule has 0 saturated heterocycles. The van der Waals surface area contributed by atoms with Crippen molar-refractivity contribution in [2.75, 3.05) is 0 Å². The molecule has 1 fully saturated rings. The van der Waals surface area contributed by atoms with Crippen molar-refractivity contribution in [1.82, 2.24) is 0 Å². The number of hydrogen-bond acceptors (Lipinski definition) is 3. The Kier molecular flexibility index (Phi) is 4.89. The van der Waals surface area contributed by atoms with Gasteiger partial charge in [-0.2, -0.15) is 0 Å². The number of aliphatic carboxylic acids is 2. The van der Waals surface area contributed by atoms with Crippen LogP contribution in [0.3, 0.4) is 0 Å². The van der Waals surface area contributed by atoms with Gasteiger partial charge in [-0.25, -0.2) is 4.79 Å². The van der Waals surface area contributed by atoms with Crippen molar-refractivity contribution in [1.29, 1.82) is 0 Å². The summed E-state index contributed by atoms with van der Waals surface area (Å²) in [7, 11) is 0. The Morgan fingerprint density at radius 3 is 2.26 bits per heavy atom. The smallest absolute Gasteiger partial charge is 0.331 e. The van der Waals surface area contributed by atoms with E-state index in [-0.39, 0.29) is 18.1 Å². The minimum absolute atomic E-state index is 0.0359. The molecule has 5 nitrogen and oxygen atoms in total. The Morgan fingerprint density at radius 1 is 1.37 bits per heavy atom. The molecule has 19 heavy (non-hydrogen) atoms. The molecule has 2 aliphatic carbocycles. The van der Waals surface area contributed by atoms with Gasteiger partial charge in [0.25, 0.3) is 0 Å². The minimum Gasteiger partial charge on any atom is -0.481 e. The van der Waals surface area contributed by atoms with E-state index in [1.807, 2.05) is 6.92 Å². The number of carbonyl (C=O) groups is 2. The molecule has 106 valence electrons. The molecule has 2 atom stereocenters. The van der Waals surface area contributed by atoms with Crippen LogP contribution in [0.15, 0.2) is 23.8 Å². The van der Waals surface area contributed by atoms with Crippen LogP contribution in [-0.4, -0.2) is 33.4 Å². The number of carboxylic acids is 2. The fourth-order valence-corrected chi connectivity index (χ4v) is 1.76. The molecule has 3 N–H and O–H groups in total. The standard InChI is InChI=1S/C9H10O4.C5H10O/c1-9(8(12)13)4-2-3-6(5-9)7(10)11;1-4(6)5-2-3-5/h2-4H,5H2,1H3,(H,10,11)(H,12,13);4-6H,2-3H2,1H3. The maximum Gasteiger partial charge on any atom is 0.331 e. The van der Waals surface area contributed by atoms with Crippen LogP contribution in [0, 0.1) is 11.3 Å². The maximum absolute atomic E-state index is 10.8. The van der Waals surface area contributed by atoms with E-state index in [9.17, 15) is 9.59 Å². The third kappa shape index (κ3) is 4.52. The van der Waals surface area contributed by atoms with Gasteiger partial charge in [0.2, 0.25) is 0 Å². The topological polar surface area (TPSA) is 94.8 Å². The summed E-state index contributed by atoms with van der Waals surface area (Å²) in [6.07, 6.45) is 6.89. The Morgan fingerprint density at radius 2 is 1.95 bits per heavy atom. The molecule has 1 saturated carbocycles. The number of aliphatic hydroxyl groups excluding tert-OH is 1. The molecule has 2 unspecified atom stereocenters. The van der Waals surface area contributed by atoms with Crippen LogP contribution in [0.25, 0.3) is 0 Å². The quantitative estimate of drug-likeness (QED) is 0.725. The summed E-state index contributed by atoms with van der Waals surface area (Å²) in [6.45, 7) is 3.36. The molecule has 0 radical (unpaired) electrons. The SMILES string of the molecule is CC(O)C1CC1.CC1(C(=O)O)C=CC=C(C(=O)O)C1. The molecule has 0 spiro atoms. The fourth-order valence-electron chi connectivity index (χ4n) is 1.76. The van der Waals surface area contributed by atoms with Crippen LogP contribution in [0.1, 0.15) is 33.1 Å². The van der Waals surface area contributed by atoms with E-state index in [0.717, 1.165) is 0 Å². The minimum atomic E-state index is -1.08. The zero-order valence-electron chi connectivity index (χ0n) is 11.2. The van der Waals surface area contributed by atoms with Crippen LogP contribution in [0.5, 0.6) is 0 Å². The van der Waals surface area contributed by atoms with Crippen LogP contribution < -0.4 is 0 Å². The summed E-state index contributed by atoms with van der Waals surface area (Å²) >= 11 is 0. The number of carboxylic acid groups (broad SMARTS) is 2. The average molecular weight is 268 g/mol. The van der Waals surface area contributed by atoms with Crippen molar-refractivity contribution < 1.29 is 24.9 Å². The summed E-state index contributed by atoms with van der Waals surface area (Å²) in [4.78, 5) is 21.3. The second-order valence-electron chi connectivity index (χ2n) is 5.33. The average Bonchev–Trinajstić information content (AvgIpc) is 3.13. The summed E-state index contributed by atoms with van der Waals surface area (Å²) in [5, 5.41) is 26.2. The first-order valence-electron chi connectivity index (χ1n) is 6.29. The number of rotatable bonds is 3. The van der Waals surface area contributed by atoms with Gasteiger partial charge in [-0.1, -0.05) is 18.2 Å². The lowest BCUT2D eigenvalue weighted by Crippen LogP contribution is -2.28. The Hall–Kier alpha value is -1.62. The van der Waals surface area contributed by atoms with Crippen LogP contribution in [0.4, 0.5) is 0 Å². The second-order valence-corrected chi connectivity index (χ2v) is 5.33. The van der Waals surface area contributed by atoms with E-state index in [2.05, 4.69) is 0 Å². The van der Waals surface area contributed by atoms with Crippen molar-refractivity contribution >= 4 is 11.9 Å². The van der Waals surface area contributed by atoms with Gasteiger partial charge < -0.3 is 15.3 Å². The normalized spacial score (nSPS) is 26.8. The lowest BCUT2D eigenvalue weighted by atomic mass is 9.80. The molecule has 0 aliphatic heterocycles. The van der Waals surface area contributed by atoms with Crippen molar-refractivity contribution in [3.8, 4) is 0 Å². The van der Waals surface area contributed by atoms with E-state index in [0.29, 0.717) is 5.92 Å². The lowest BCUT2D eigenvalue weighted by molar-refractivity contribution is -0.145. The zero-order valence-corrected chi connectivity index (χ0v) is 11.2. The van der Waals surface area contributed by atoms with E-state index in [1.54, 1.807) is 0 Å². The van der Waals surface area contributed by atoms with Gasteiger partial charge in [0.1, 0.15) is 0 Å². The first-order valence-corrected chi connectivity index (χ1v) is 6.29. The molecular formula is C14H20O5. The second kappa shape index (κ2) is 6.02. The molecule has 0 aromatic heterocycles.